The molecule has 0 amide bonds. The molecule has 0 bridgehead atoms. The van der Waals surface area contributed by atoms with E-state index >= 15 is 0 Å². The number of halogens is 1. The Labute approximate surface area is 185 Å². The number of nitrogens with zero attached hydrogens (tertiary/aromatic N) is 5. The molecule has 1 saturated heterocycles. The van der Waals surface area contributed by atoms with Crippen LogP contribution < -0.4 is 15.2 Å². The number of ether oxygens (including phenoxy) is 1. The maximum absolute atomic E-state index is 14.4. The Morgan fingerprint density at radius 1 is 1.26 bits per heavy atom. The second-order valence-corrected chi connectivity index (χ2v) is 8.68. The smallest absolute Gasteiger partial charge is 0.263 e. The van der Waals surface area contributed by atoms with Gasteiger partial charge < -0.3 is 15.4 Å². The first-order valence-corrected chi connectivity index (χ1v) is 10.9. The number of hydrogen-bond acceptors (Lipinski definition) is 8. The zero-order valence-electron chi connectivity index (χ0n) is 17.8. The molecule has 1 aromatic carbocycles. The molecule has 4 rings (SSSR count). The predicted molar refractivity (Wildman–Crippen MR) is 120 cm³/mol. The van der Waals surface area contributed by atoms with Crippen molar-refractivity contribution in [1.29, 1.82) is 0 Å². The number of hydrogen-bond donors (Lipinski definition) is 2. The minimum atomic E-state index is -0.309. The first-order chi connectivity index (χ1) is 14.9. The minimum absolute atomic E-state index is 0.160. The SMILES string of the molecule is CNSc1cc(-c2cnc(N)c(Oc3cnn(C4CCN(C)CC4)c3)n2)cc(F)c1C. The van der Waals surface area contributed by atoms with Crippen LogP contribution in [0.25, 0.3) is 11.3 Å². The molecule has 0 atom stereocenters. The van der Waals surface area contributed by atoms with Crippen LogP contribution >= 0.6 is 11.9 Å². The van der Waals surface area contributed by atoms with E-state index in [-0.39, 0.29) is 17.5 Å². The maximum Gasteiger partial charge on any atom is 0.263 e. The fourth-order valence-corrected chi connectivity index (χ4v) is 4.21. The van der Waals surface area contributed by atoms with E-state index in [1.807, 2.05) is 16.9 Å². The second-order valence-electron chi connectivity index (χ2n) is 7.63. The molecule has 3 aromatic rings. The number of likely N-dealkylation sites (tertiary alicyclic amines) is 1. The Bertz CT molecular complexity index is 1070. The molecule has 1 fully saturated rings. The lowest BCUT2D eigenvalue weighted by Crippen LogP contribution is -2.31. The van der Waals surface area contributed by atoms with Crippen LogP contribution in [0.1, 0.15) is 24.4 Å². The summed E-state index contributed by atoms with van der Waals surface area (Å²) in [5, 5.41) is 4.45. The van der Waals surface area contributed by atoms with Gasteiger partial charge in [-0.05, 0) is 76.6 Å². The molecule has 0 spiro atoms. The van der Waals surface area contributed by atoms with Gasteiger partial charge in [0.25, 0.3) is 5.88 Å². The number of aromatic nitrogens is 4. The van der Waals surface area contributed by atoms with E-state index in [0.29, 0.717) is 28.6 Å². The van der Waals surface area contributed by atoms with Gasteiger partial charge in [-0.1, -0.05) is 0 Å². The summed E-state index contributed by atoms with van der Waals surface area (Å²) in [6, 6.07) is 3.65. The van der Waals surface area contributed by atoms with Crippen LogP contribution in [0.15, 0.2) is 35.6 Å². The van der Waals surface area contributed by atoms with E-state index in [2.05, 4.69) is 31.7 Å². The van der Waals surface area contributed by atoms with Crippen molar-refractivity contribution in [2.75, 3.05) is 32.9 Å². The molecule has 1 aliphatic rings. The van der Waals surface area contributed by atoms with Crippen LogP contribution in [0.4, 0.5) is 10.2 Å². The fourth-order valence-electron chi connectivity index (χ4n) is 3.56. The monoisotopic (exact) mass is 443 g/mol. The van der Waals surface area contributed by atoms with Crippen molar-refractivity contribution >= 4 is 17.8 Å². The van der Waals surface area contributed by atoms with Crippen LogP contribution in [0, 0.1) is 12.7 Å². The largest absolute Gasteiger partial charge is 0.433 e. The first kappa shape index (κ1) is 21.5. The summed E-state index contributed by atoms with van der Waals surface area (Å²) in [6.45, 7) is 3.83. The topological polar surface area (TPSA) is 94.1 Å². The first-order valence-electron chi connectivity index (χ1n) is 10.1. The van der Waals surface area contributed by atoms with Crippen LogP contribution in [0.2, 0.25) is 0 Å². The third-order valence-electron chi connectivity index (χ3n) is 5.43. The van der Waals surface area contributed by atoms with Gasteiger partial charge in [-0.2, -0.15) is 5.10 Å². The lowest BCUT2D eigenvalue weighted by atomic mass is 10.1. The molecule has 31 heavy (non-hydrogen) atoms. The predicted octanol–water partition coefficient (Wildman–Crippen LogP) is 3.66. The second kappa shape index (κ2) is 9.21. The Hall–Kier alpha value is -2.69. The molecular weight excluding hydrogens is 417 g/mol. The number of nitrogens with one attached hydrogen (secondary N) is 1. The lowest BCUT2D eigenvalue weighted by Gasteiger charge is -2.28. The quantitative estimate of drug-likeness (QED) is 0.558. The van der Waals surface area contributed by atoms with Gasteiger partial charge in [-0.25, -0.2) is 14.4 Å². The minimum Gasteiger partial charge on any atom is -0.433 e. The van der Waals surface area contributed by atoms with Crippen LogP contribution in [0.5, 0.6) is 11.6 Å². The van der Waals surface area contributed by atoms with E-state index in [1.54, 1.807) is 20.2 Å². The fraction of sp³-hybridized carbons (Fsp3) is 0.381. The molecule has 3 N–H and O–H groups in total. The average molecular weight is 444 g/mol. The number of anilines is 1. The van der Waals surface area contributed by atoms with Crippen molar-refractivity contribution in [2.24, 2.45) is 0 Å². The Morgan fingerprint density at radius 3 is 2.77 bits per heavy atom. The molecule has 10 heteroatoms. The zero-order valence-corrected chi connectivity index (χ0v) is 18.6. The number of rotatable bonds is 6. The maximum atomic E-state index is 14.4. The van der Waals surface area contributed by atoms with Gasteiger partial charge in [0.15, 0.2) is 11.6 Å². The summed E-state index contributed by atoms with van der Waals surface area (Å²) >= 11 is 1.34. The summed E-state index contributed by atoms with van der Waals surface area (Å²) in [7, 11) is 3.91. The van der Waals surface area contributed by atoms with Crippen LogP contribution in [-0.4, -0.2) is 51.8 Å². The highest BCUT2D eigenvalue weighted by Gasteiger charge is 2.20. The highest BCUT2D eigenvalue weighted by molar-refractivity contribution is 7.97. The van der Waals surface area contributed by atoms with Gasteiger partial charge in [0.05, 0.1) is 30.3 Å². The van der Waals surface area contributed by atoms with Gasteiger partial charge in [-0.15, -0.1) is 0 Å². The third kappa shape index (κ3) is 4.81. The van der Waals surface area contributed by atoms with E-state index < -0.39 is 0 Å². The number of benzene rings is 1. The highest BCUT2D eigenvalue weighted by atomic mass is 32.2. The number of nitrogens with two attached hydrogens (primary N) is 1. The van der Waals surface area contributed by atoms with E-state index in [1.165, 1.54) is 24.2 Å². The molecule has 3 heterocycles. The van der Waals surface area contributed by atoms with E-state index in [9.17, 15) is 4.39 Å². The molecule has 0 aliphatic carbocycles. The molecule has 2 aromatic heterocycles. The molecule has 0 saturated carbocycles. The van der Waals surface area contributed by atoms with Gasteiger partial charge >= 0.3 is 0 Å². The van der Waals surface area contributed by atoms with Gasteiger partial charge in [-0.3, -0.25) is 9.40 Å². The summed E-state index contributed by atoms with van der Waals surface area (Å²) in [5.41, 5.74) is 7.64. The summed E-state index contributed by atoms with van der Waals surface area (Å²) in [5.74, 6) is 0.562. The van der Waals surface area contributed by atoms with Crippen molar-refractivity contribution in [3.63, 3.8) is 0 Å². The average Bonchev–Trinajstić information content (AvgIpc) is 3.22. The van der Waals surface area contributed by atoms with Crippen LogP contribution in [-0.2, 0) is 0 Å². The van der Waals surface area contributed by atoms with E-state index in [0.717, 1.165) is 30.8 Å². The zero-order chi connectivity index (χ0) is 22.0. The third-order valence-corrected chi connectivity index (χ3v) is 6.27. The summed E-state index contributed by atoms with van der Waals surface area (Å²) in [6.07, 6.45) is 7.11. The van der Waals surface area contributed by atoms with Crippen molar-refractivity contribution in [1.82, 2.24) is 29.4 Å². The summed E-state index contributed by atoms with van der Waals surface area (Å²) < 4.78 is 25.2. The van der Waals surface area contributed by atoms with Crippen molar-refractivity contribution in [2.45, 2.75) is 30.7 Å². The van der Waals surface area contributed by atoms with Crippen LogP contribution in [0.3, 0.4) is 0 Å². The van der Waals surface area contributed by atoms with E-state index in [4.69, 9.17) is 10.5 Å². The van der Waals surface area contributed by atoms with Crippen molar-refractivity contribution in [3.8, 4) is 22.9 Å². The molecular formula is C21H26FN7OS. The standard InChI is InChI=1S/C21H26FN7OS/c1-13-17(22)8-14(9-19(13)31-24-2)18-11-25-20(23)21(27-18)30-16-10-26-29(12-16)15-4-6-28(3)7-5-15/h8-12,15,24H,4-7H2,1-3H3,(H2,23,25). The molecule has 0 unspecified atom stereocenters. The number of nitrogen functional groups attached to an aromatic ring is 1. The van der Waals surface area contributed by atoms with Crippen molar-refractivity contribution in [3.05, 3.63) is 42.1 Å². The van der Waals surface area contributed by atoms with Gasteiger partial charge in [0, 0.05) is 10.5 Å². The Balaban J connectivity index is 1.57. The van der Waals surface area contributed by atoms with Gasteiger partial charge in [0.2, 0.25) is 0 Å². The molecule has 8 nitrogen and oxygen atoms in total. The van der Waals surface area contributed by atoms with Gasteiger partial charge in [0.1, 0.15) is 5.82 Å². The highest BCUT2D eigenvalue weighted by Crippen LogP contribution is 2.32. The molecule has 1 aliphatic heterocycles. The normalized spacial score (nSPS) is 15.4. The Morgan fingerprint density at radius 2 is 2.03 bits per heavy atom. The molecule has 0 radical (unpaired) electrons. The summed E-state index contributed by atoms with van der Waals surface area (Å²) in [4.78, 5) is 11.8. The van der Waals surface area contributed by atoms with Crippen molar-refractivity contribution < 1.29 is 9.13 Å². The Kier molecular flexibility index (Phi) is 6.40. The number of piperidine rings is 1. The lowest BCUT2D eigenvalue weighted by molar-refractivity contribution is 0.212. The molecule has 164 valence electrons.